The first-order valence-electron chi connectivity index (χ1n) is 15.3. The van der Waals surface area contributed by atoms with Gasteiger partial charge in [0.25, 0.3) is 5.91 Å². The summed E-state index contributed by atoms with van der Waals surface area (Å²) in [5.41, 5.74) is 5.17. The zero-order valence-electron chi connectivity index (χ0n) is 25.8. The van der Waals surface area contributed by atoms with Crippen LogP contribution in [0.1, 0.15) is 40.9 Å². The molecule has 5 rings (SSSR count). The largest absolute Gasteiger partial charge is 0.492 e. The molecule has 2 atom stereocenters. The molecule has 0 saturated heterocycles. The van der Waals surface area contributed by atoms with E-state index in [2.05, 4.69) is 34.7 Å². The topological polar surface area (TPSA) is 83.5 Å². The third kappa shape index (κ3) is 8.42. The Morgan fingerprint density at radius 1 is 0.913 bits per heavy atom. The van der Waals surface area contributed by atoms with Crippen LogP contribution in [0.2, 0.25) is 0 Å². The summed E-state index contributed by atoms with van der Waals surface area (Å²) in [6, 6.07) is 23.8. The number of halogens is 2. The van der Waals surface area contributed by atoms with Crippen molar-refractivity contribution in [3.8, 4) is 27.4 Å². The van der Waals surface area contributed by atoms with Gasteiger partial charge in [-0.25, -0.2) is 13.8 Å². The third-order valence-electron chi connectivity index (χ3n) is 7.63. The average molecular weight is 642 g/mol. The van der Waals surface area contributed by atoms with E-state index in [4.69, 9.17) is 4.74 Å². The Morgan fingerprint density at radius 2 is 1.67 bits per heavy atom. The number of ether oxygens (including phenoxy) is 1. The van der Waals surface area contributed by atoms with Crippen molar-refractivity contribution in [2.75, 3.05) is 13.2 Å². The van der Waals surface area contributed by atoms with Crippen molar-refractivity contribution in [1.82, 2.24) is 15.6 Å². The van der Waals surface area contributed by atoms with Gasteiger partial charge in [0.1, 0.15) is 22.4 Å². The number of aromatic nitrogens is 1. The second-order valence-electron chi connectivity index (χ2n) is 11.0. The molecular weight excluding hydrogens is 604 g/mol. The molecule has 3 N–H and O–H groups in total. The van der Waals surface area contributed by atoms with E-state index in [1.165, 1.54) is 29.0 Å². The van der Waals surface area contributed by atoms with Crippen LogP contribution in [0.5, 0.6) is 5.75 Å². The normalized spacial score (nSPS) is 12.5. The van der Waals surface area contributed by atoms with Gasteiger partial charge in [-0.1, -0.05) is 61.5 Å². The molecule has 6 nitrogen and oxygen atoms in total. The van der Waals surface area contributed by atoms with Crippen LogP contribution in [0, 0.1) is 11.6 Å². The summed E-state index contributed by atoms with van der Waals surface area (Å²) in [6.45, 7) is 4.88. The maximum Gasteiger partial charge on any atom is 0.255 e. The number of rotatable bonds is 14. The number of aliphatic hydroxyl groups excluding tert-OH is 1. The van der Waals surface area contributed by atoms with Crippen LogP contribution in [-0.2, 0) is 19.4 Å². The highest BCUT2D eigenvalue weighted by atomic mass is 32.1. The minimum Gasteiger partial charge on any atom is -0.492 e. The molecule has 0 aliphatic carbocycles. The van der Waals surface area contributed by atoms with Crippen LogP contribution >= 0.6 is 11.3 Å². The number of thiazole rings is 1. The molecular formula is C37H37F2N3O3S. The van der Waals surface area contributed by atoms with Gasteiger partial charge in [-0.05, 0) is 66.3 Å². The van der Waals surface area contributed by atoms with Gasteiger partial charge in [0.15, 0.2) is 0 Å². The fourth-order valence-electron chi connectivity index (χ4n) is 5.40. The number of nitrogens with zero attached hydrogens (tertiary/aromatic N) is 1. The van der Waals surface area contributed by atoms with Gasteiger partial charge >= 0.3 is 0 Å². The number of amides is 1. The van der Waals surface area contributed by atoms with Gasteiger partial charge in [-0.2, -0.15) is 0 Å². The lowest BCUT2D eigenvalue weighted by atomic mass is 9.96. The van der Waals surface area contributed by atoms with Gasteiger partial charge in [0.2, 0.25) is 0 Å². The Bertz CT molecular complexity index is 1730. The van der Waals surface area contributed by atoms with Crippen LogP contribution in [0.15, 0.2) is 96.5 Å². The molecule has 0 unspecified atom stereocenters. The number of aliphatic hydroxyl groups is 1. The number of hydrogen-bond acceptors (Lipinski definition) is 6. The Hall–Kier alpha value is -4.44. The molecule has 0 radical (unpaired) electrons. The smallest absolute Gasteiger partial charge is 0.255 e. The van der Waals surface area contributed by atoms with Gasteiger partial charge in [-0.15, -0.1) is 11.3 Å². The highest BCUT2D eigenvalue weighted by molar-refractivity contribution is 7.13. The summed E-state index contributed by atoms with van der Waals surface area (Å²) in [5, 5.41) is 20.2. The Labute approximate surface area is 272 Å². The molecule has 0 saturated carbocycles. The first kappa shape index (κ1) is 32.9. The van der Waals surface area contributed by atoms with Crippen LogP contribution in [0.25, 0.3) is 21.7 Å². The minimum atomic E-state index is -1.09. The second kappa shape index (κ2) is 15.7. The van der Waals surface area contributed by atoms with E-state index in [0.29, 0.717) is 24.5 Å². The molecule has 1 amide bonds. The van der Waals surface area contributed by atoms with E-state index >= 15 is 0 Å². The predicted molar refractivity (Wildman–Crippen MR) is 179 cm³/mol. The lowest BCUT2D eigenvalue weighted by Crippen LogP contribution is -2.48. The number of nitrogens with one attached hydrogen (secondary N) is 2. The summed E-state index contributed by atoms with van der Waals surface area (Å²) in [4.78, 5) is 18.6. The van der Waals surface area contributed by atoms with E-state index in [9.17, 15) is 18.7 Å². The van der Waals surface area contributed by atoms with Gasteiger partial charge in [-0.3, -0.25) is 4.79 Å². The Balaban J connectivity index is 1.47. The number of aryl methyl sites for hydroxylation is 1. The summed E-state index contributed by atoms with van der Waals surface area (Å²) in [5.74, 6) is -1.56. The van der Waals surface area contributed by atoms with Crippen molar-refractivity contribution >= 4 is 17.2 Å². The van der Waals surface area contributed by atoms with E-state index in [0.717, 1.165) is 39.7 Å². The summed E-state index contributed by atoms with van der Waals surface area (Å²) >= 11 is 1.45. The zero-order valence-corrected chi connectivity index (χ0v) is 26.6. The zero-order chi connectivity index (χ0) is 32.5. The Morgan fingerprint density at radius 3 is 2.37 bits per heavy atom. The molecule has 238 valence electrons. The van der Waals surface area contributed by atoms with Crippen LogP contribution in [0.3, 0.4) is 0 Å². The van der Waals surface area contributed by atoms with E-state index in [1.807, 2.05) is 60.8 Å². The van der Waals surface area contributed by atoms with Crippen LogP contribution in [-0.4, -0.2) is 41.3 Å². The quantitative estimate of drug-likeness (QED) is 0.119. The summed E-state index contributed by atoms with van der Waals surface area (Å²) in [6.07, 6.45) is 1.52. The van der Waals surface area contributed by atoms with Crippen molar-refractivity contribution in [1.29, 1.82) is 0 Å². The van der Waals surface area contributed by atoms with Crippen molar-refractivity contribution in [3.05, 3.63) is 130 Å². The van der Waals surface area contributed by atoms with Crippen LogP contribution < -0.4 is 15.4 Å². The molecule has 4 aromatic carbocycles. The number of carbonyl (C=O) groups is 1. The van der Waals surface area contributed by atoms with Gasteiger partial charge in [0.05, 0.1) is 24.3 Å². The van der Waals surface area contributed by atoms with Crippen molar-refractivity contribution in [2.45, 2.75) is 45.4 Å². The van der Waals surface area contributed by atoms with Crippen molar-refractivity contribution in [3.63, 3.8) is 0 Å². The predicted octanol–water partition coefficient (Wildman–Crippen LogP) is 7.21. The van der Waals surface area contributed by atoms with Gasteiger partial charge < -0.3 is 20.5 Å². The molecule has 0 spiro atoms. The first-order chi connectivity index (χ1) is 22.3. The number of hydrogen-bond donors (Lipinski definition) is 3. The fourth-order valence-corrected chi connectivity index (χ4v) is 6.02. The minimum absolute atomic E-state index is 0.00370. The third-order valence-corrected chi connectivity index (χ3v) is 8.45. The molecule has 0 fully saturated rings. The van der Waals surface area contributed by atoms with Crippen molar-refractivity contribution in [2.24, 2.45) is 0 Å². The molecule has 1 heterocycles. The molecule has 0 aliphatic rings. The van der Waals surface area contributed by atoms with E-state index in [-0.39, 0.29) is 18.5 Å². The standard InChI is InChI=1S/C37H37F2N3O3S/c1-3-24-9-8-10-25(15-24)22-40-23-34(43)33(18-26-16-29(38)21-30(39)17-26)42-36(44)32-20-28(37-41-13-14-46-37)19-31(35(32)45-4-2)27-11-6-5-7-12-27/h5-17,19-21,33-34,40,43H,3-4,18,22-23H2,1-2H3,(H,42,44)/t33-,34+/m0/s1. The SMILES string of the molecule is CCOc1c(C(=O)N[C@@H](Cc2cc(F)cc(F)c2)[C@H](O)CNCc2cccc(CC)c2)cc(-c2nccs2)cc1-c1ccccc1. The molecule has 9 heteroatoms. The summed E-state index contributed by atoms with van der Waals surface area (Å²) in [7, 11) is 0. The number of carbonyl (C=O) groups excluding carboxylic acids is 1. The fraction of sp³-hybridized carbons (Fsp3) is 0.243. The lowest BCUT2D eigenvalue weighted by Gasteiger charge is -2.26. The van der Waals surface area contributed by atoms with Crippen molar-refractivity contribution < 1.29 is 23.4 Å². The Kier molecular flexibility index (Phi) is 11.3. The molecule has 5 aromatic rings. The monoisotopic (exact) mass is 641 g/mol. The maximum absolute atomic E-state index is 14.2. The molecule has 1 aromatic heterocycles. The van der Waals surface area contributed by atoms with E-state index < -0.39 is 29.7 Å². The molecule has 0 bridgehead atoms. The first-order valence-corrected chi connectivity index (χ1v) is 16.2. The average Bonchev–Trinajstić information content (AvgIpc) is 3.60. The lowest BCUT2D eigenvalue weighted by molar-refractivity contribution is 0.0826. The molecule has 46 heavy (non-hydrogen) atoms. The second-order valence-corrected chi connectivity index (χ2v) is 11.9. The van der Waals surface area contributed by atoms with Gasteiger partial charge in [0, 0.05) is 41.9 Å². The number of benzene rings is 4. The summed E-state index contributed by atoms with van der Waals surface area (Å²) < 4.78 is 34.4. The molecule has 0 aliphatic heterocycles. The highest BCUT2D eigenvalue weighted by Gasteiger charge is 2.27. The maximum atomic E-state index is 14.2. The highest BCUT2D eigenvalue weighted by Crippen LogP contribution is 2.38. The van der Waals surface area contributed by atoms with Crippen LogP contribution in [0.4, 0.5) is 8.78 Å². The van der Waals surface area contributed by atoms with E-state index in [1.54, 1.807) is 12.3 Å².